The minimum atomic E-state index is 0. The van der Waals surface area contributed by atoms with Gasteiger partial charge in [-0.1, -0.05) is 0 Å². The molecule has 6 heavy (non-hydrogen) atoms. The molecular formula is C4H6NRh. The van der Waals surface area contributed by atoms with Crippen LogP contribution in [0.2, 0.25) is 0 Å². The first kappa shape index (κ1) is 16.6. The van der Waals surface area contributed by atoms with Crippen molar-refractivity contribution >= 4 is 0 Å². The molecule has 0 aromatic carbocycles. The molecule has 0 saturated carbocycles. The van der Waals surface area contributed by atoms with Crippen LogP contribution in [0.15, 0.2) is 12.2 Å². The molecule has 2 heteroatoms. The predicted octanol–water partition coefficient (Wildman–Crippen LogP) is 1.68. The van der Waals surface area contributed by atoms with Gasteiger partial charge in [0.1, 0.15) is 0 Å². The van der Waals surface area contributed by atoms with Gasteiger partial charge in [-0.05, 0) is 0 Å². The van der Waals surface area contributed by atoms with Crippen LogP contribution < -0.4 is 0 Å². The van der Waals surface area contributed by atoms with Crippen LogP contribution in [0, 0.1) is 13.2 Å². The van der Waals surface area contributed by atoms with Crippen molar-refractivity contribution in [2.45, 2.75) is 0 Å². The van der Waals surface area contributed by atoms with Gasteiger partial charge in [-0.15, -0.1) is 0 Å². The summed E-state index contributed by atoms with van der Waals surface area (Å²) in [6.45, 7) is 9.44. The van der Waals surface area contributed by atoms with Gasteiger partial charge in [0.2, 0.25) is 0 Å². The molecule has 0 aliphatic heterocycles. The van der Waals surface area contributed by atoms with Gasteiger partial charge in [-0.2, -0.15) is 0 Å². The van der Waals surface area contributed by atoms with E-state index in [1.165, 1.54) is 12.2 Å². The van der Waals surface area contributed by atoms with E-state index in [9.17, 15) is 0 Å². The van der Waals surface area contributed by atoms with Gasteiger partial charge in [-0.3, -0.25) is 0 Å². The third-order valence-corrected chi connectivity index (χ3v) is 0.111. The summed E-state index contributed by atoms with van der Waals surface area (Å²) >= 11 is 0. The fourth-order valence-electron chi connectivity index (χ4n) is 0. The van der Waals surface area contributed by atoms with Crippen molar-refractivity contribution in [3.63, 3.8) is 0 Å². The van der Waals surface area contributed by atoms with E-state index in [-0.39, 0.29) is 25.6 Å². The van der Waals surface area contributed by atoms with E-state index in [2.05, 4.69) is 0 Å². The van der Waals surface area contributed by atoms with Crippen LogP contribution in [-0.2, 0) is 19.5 Å². The summed E-state index contributed by atoms with van der Waals surface area (Å²) in [4.78, 5) is 0. The number of rotatable bonds is 1. The van der Waals surface area contributed by atoms with Crippen LogP contribution in [0.1, 0.15) is 0 Å². The number of hydrogen-bond donors (Lipinski definition) is 0. The molecule has 0 fully saturated rings. The van der Waals surface area contributed by atoms with Gasteiger partial charge in [0.15, 0.2) is 0 Å². The first-order chi connectivity index (χ1) is 1.91. The minimum Gasteiger partial charge on any atom is -0.693 e. The Morgan fingerprint density at radius 2 is 1.17 bits per heavy atom. The molecule has 0 heterocycles. The standard InChI is InChI=1S/C4H4.H2N.Rh/c1-3-4-2;;/h1-4H;1H2;/q-2;-1;+3. The SMILES string of the molecule is [CH-]=CC=[CH-].[NH2-].[Rh+3]. The second-order valence-corrected chi connectivity index (χ2v) is 0.385. The van der Waals surface area contributed by atoms with Crippen LogP contribution in [0.3, 0.4) is 0 Å². The number of hydrogen-bond acceptors (Lipinski definition) is 0. The van der Waals surface area contributed by atoms with Crippen molar-refractivity contribution in [3.8, 4) is 0 Å². The minimum absolute atomic E-state index is 0. The molecule has 0 amide bonds. The molecular weight excluding hydrogens is 165 g/mol. The molecule has 0 aliphatic rings. The molecule has 0 atom stereocenters. The largest absolute Gasteiger partial charge is 3.00 e. The average molecular weight is 171 g/mol. The Morgan fingerprint density at radius 1 is 1.00 bits per heavy atom. The zero-order valence-corrected chi connectivity index (χ0v) is 4.86. The summed E-state index contributed by atoms with van der Waals surface area (Å²) in [6, 6.07) is 0. The van der Waals surface area contributed by atoms with Crippen molar-refractivity contribution in [1.82, 2.24) is 0 Å². The van der Waals surface area contributed by atoms with E-state index in [1.807, 2.05) is 0 Å². The van der Waals surface area contributed by atoms with Gasteiger partial charge >= 0.3 is 19.5 Å². The van der Waals surface area contributed by atoms with Gasteiger partial charge in [0.25, 0.3) is 0 Å². The first-order valence-corrected chi connectivity index (χ1v) is 1.00. The average Bonchev–Trinajstić information content (AvgIpc) is 1.37. The Labute approximate surface area is 51.5 Å². The maximum atomic E-state index is 4.72. The fraction of sp³-hybridized carbons (Fsp3) is 0. The Bertz CT molecular complexity index is 28.5. The summed E-state index contributed by atoms with van der Waals surface area (Å²) < 4.78 is 0. The summed E-state index contributed by atoms with van der Waals surface area (Å²) in [5.74, 6) is 0. The second kappa shape index (κ2) is 19.6. The predicted molar refractivity (Wildman–Crippen MR) is 23.0 cm³/mol. The van der Waals surface area contributed by atoms with Gasteiger partial charge < -0.3 is 31.5 Å². The molecule has 2 N–H and O–H groups in total. The molecule has 0 aliphatic carbocycles. The zero-order valence-electron chi connectivity index (χ0n) is 3.22. The van der Waals surface area contributed by atoms with E-state index in [0.29, 0.717) is 0 Å². The molecule has 0 rings (SSSR count). The zero-order chi connectivity index (χ0) is 3.41. The Kier molecular flexibility index (Phi) is 54.2. The second-order valence-electron chi connectivity index (χ2n) is 0.385. The Morgan fingerprint density at radius 3 is 1.17 bits per heavy atom. The van der Waals surface area contributed by atoms with Crippen LogP contribution in [0.25, 0.3) is 6.15 Å². The van der Waals surface area contributed by atoms with Gasteiger partial charge in [0.05, 0.1) is 0 Å². The summed E-state index contributed by atoms with van der Waals surface area (Å²) in [5.41, 5.74) is 0. The maximum absolute atomic E-state index is 4.72. The molecule has 0 spiro atoms. The van der Waals surface area contributed by atoms with Crippen LogP contribution in [-0.4, -0.2) is 0 Å². The first-order valence-electron chi connectivity index (χ1n) is 1.00. The summed E-state index contributed by atoms with van der Waals surface area (Å²) in [7, 11) is 0. The Hall–Kier alpha value is 0.0634. The van der Waals surface area contributed by atoms with Crippen molar-refractivity contribution in [2.24, 2.45) is 0 Å². The number of nitrogens with two attached hydrogens (primary N) is 1. The summed E-state index contributed by atoms with van der Waals surface area (Å²) in [5, 5.41) is 0. The third-order valence-electron chi connectivity index (χ3n) is 0.111. The van der Waals surface area contributed by atoms with Crippen LogP contribution >= 0.6 is 0 Å². The van der Waals surface area contributed by atoms with Gasteiger partial charge in [0, 0.05) is 0 Å². The van der Waals surface area contributed by atoms with Crippen LogP contribution in [0.4, 0.5) is 0 Å². The molecule has 0 unspecified atom stereocenters. The smallest absolute Gasteiger partial charge is 0.693 e. The Balaban J connectivity index is -0.0000000450. The molecule has 0 radical (unpaired) electrons. The molecule has 0 bridgehead atoms. The van der Waals surface area contributed by atoms with E-state index in [4.69, 9.17) is 13.2 Å². The molecule has 0 saturated heterocycles. The van der Waals surface area contributed by atoms with Crippen molar-refractivity contribution in [2.75, 3.05) is 0 Å². The van der Waals surface area contributed by atoms with Crippen LogP contribution in [0.5, 0.6) is 0 Å². The number of allylic oxidation sites excluding steroid dienone is 2. The van der Waals surface area contributed by atoms with E-state index in [1.54, 1.807) is 0 Å². The monoisotopic (exact) mass is 171 g/mol. The normalized spacial score (nSPS) is 3.33. The van der Waals surface area contributed by atoms with Crippen molar-refractivity contribution in [1.29, 1.82) is 0 Å². The van der Waals surface area contributed by atoms with E-state index in [0.717, 1.165) is 0 Å². The van der Waals surface area contributed by atoms with E-state index >= 15 is 0 Å². The fourth-order valence-corrected chi connectivity index (χ4v) is 0. The molecule has 36 valence electrons. The maximum Gasteiger partial charge on any atom is 3.00 e. The molecule has 0 aromatic rings. The quantitative estimate of drug-likeness (QED) is 0.326. The molecule has 0 aromatic heterocycles. The van der Waals surface area contributed by atoms with E-state index < -0.39 is 0 Å². The third kappa shape index (κ3) is 33.7. The topological polar surface area (TPSA) is 33.5 Å². The van der Waals surface area contributed by atoms with Gasteiger partial charge in [-0.25, -0.2) is 0 Å². The van der Waals surface area contributed by atoms with Crippen molar-refractivity contribution in [3.05, 3.63) is 31.5 Å². The van der Waals surface area contributed by atoms with Crippen molar-refractivity contribution < 1.29 is 19.5 Å². The summed E-state index contributed by atoms with van der Waals surface area (Å²) in [6.07, 6.45) is 2.56. The molecule has 1 nitrogen and oxygen atoms in total.